The van der Waals surface area contributed by atoms with Gasteiger partial charge in [0.15, 0.2) is 11.4 Å². The van der Waals surface area contributed by atoms with Crippen LogP contribution in [0.15, 0.2) is 42.9 Å². The van der Waals surface area contributed by atoms with Crippen LogP contribution in [-0.2, 0) is 13.2 Å². The van der Waals surface area contributed by atoms with Crippen LogP contribution in [0, 0.1) is 5.92 Å². The maximum Gasteiger partial charge on any atom is 0.434 e. The number of alkyl halides is 5. The van der Waals surface area contributed by atoms with Crippen molar-refractivity contribution in [1.29, 1.82) is 0 Å². The molecule has 3 heterocycles. The number of piperidine rings is 1. The zero-order chi connectivity index (χ0) is 26.3. The third-order valence-corrected chi connectivity index (χ3v) is 6.21. The van der Waals surface area contributed by atoms with E-state index in [0.717, 1.165) is 11.1 Å². The molecule has 2 unspecified atom stereocenters. The number of hydrogen-bond acceptors (Lipinski definition) is 5. The number of benzene rings is 1. The molecule has 1 saturated heterocycles. The maximum absolute atomic E-state index is 14.6. The topological polar surface area (TPSA) is 75.9 Å². The summed E-state index contributed by atoms with van der Waals surface area (Å²) < 4.78 is 68.8. The summed E-state index contributed by atoms with van der Waals surface area (Å²) in [6.45, 7) is 0.751. The normalized spacial score (nSPS) is 19.8. The molecule has 0 aliphatic carbocycles. The van der Waals surface area contributed by atoms with Gasteiger partial charge in [0.05, 0.1) is 25.0 Å². The number of carbonyl (C=O) groups is 1. The van der Waals surface area contributed by atoms with E-state index in [1.54, 1.807) is 44.4 Å². The molecule has 0 spiro atoms. The van der Waals surface area contributed by atoms with E-state index in [1.807, 2.05) is 0 Å². The minimum Gasteiger partial charge on any atom is -0.367 e. The van der Waals surface area contributed by atoms with Crippen molar-refractivity contribution in [2.24, 2.45) is 13.0 Å². The Labute approximate surface area is 208 Å². The van der Waals surface area contributed by atoms with Crippen molar-refractivity contribution >= 4 is 23.3 Å². The molecule has 1 aliphatic rings. The van der Waals surface area contributed by atoms with E-state index in [1.165, 1.54) is 4.68 Å². The molecule has 1 N–H and O–H groups in total. The molecule has 192 valence electrons. The van der Waals surface area contributed by atoms with E-state index in [9.17, 15) is 26.7 Å². The number of carbonyl (C=O) groups excluding carboxylic acids is 1. The monoisotopic (exact) mass is 528 g/mol. The number of halogens is 6. The van der Waals surface area contributed by atoms with E-state index >= 15 is 0 Å². The highest BCUT2D eigenvalue weighted by molar-refractivity contribution is 6.30. The first kappa shape index (κ1) is 25.8. The fraction of sp³-hybridized carbons (Fsp3) is 0.391. The van der Waals surface area contributed by atoms with E-state index in [4.69, 9.17) is 11.6 Å². The van der Waals surface area contributed by atoms with Gasteiger partial charge in [0, 0.05) is 36.8 Å². The van der Waals surface area contributed by atoms with Crippen molar-refractivity contribution in [1.82, 2.24) is 24.6 Å². The van der Waals surface area contributed by atoms with Crippen LogP contribution in [-0.4, -0.2) is 55.6 Å². The number of hydrogen-bond donors (Lipinski definition) is 1. The van der Waals surface area contributed by atoms with Gasteiger partial charge in [-0.05, 0) is 23.6 Å². The second-order valence-corrected chi connectivity index (χ2v) is 9.21. The molecule has 36 heavy (non-hydrogen) atoms. The van der Waals surface area contributed by atoms with Crippen LogP contribution in [0.4, 0.5) is 27.8 Å². The number of amides is 1. The summed E-state index contributed by atoms with van der Waals surface area (Å²) in [6.07, 6.45) is -1.98. The largest absolute Gasteiger partial charge is 0.434 e. The first-order chi connectivity index (χ1) is 16.8. The van der Waals surface area contributed by atoms with Gasteiger partial charge in [-0.15, -0.1) is 0 Å². The molecular formula is C23H22ClF5N6O. The molecule has 0 saturated carbocycles. The number of likely N-dealkylation sites (tertiary alicyclic amines) is 1. The highest BCUT2D eigenvalue weighted by Crippen LogP contribution is 2.36. The van der Waals surface area contributed by atoms with Gasteiger partial charge >= 0.3 is 6.18 Å². The van der Waals surface area contributed by atoms with Crippen molar-refractivity contribution in [2.45, 2.75) is 31.5 Å². The summed E-state index contributed by atoms with van der Waals surface area (Å²) in [5.41, 5.74) is -0.0483. The van der Waals surface area contributed by atoms with Gasteiger partial charge < -0.3 is 10.2 Å². The fourth-order valence-corrected chi connectivity index (χ4v) is 4.40. The molecule has 2 aromatic heterocycles. The summed E-state index contributed by atoms with van der Waals surface area (Å²) in [5, 5.41) is 7.56. The third kappa shape index (κ3) is 5.58. The Hall–Kier alpha value is -3.28. The Bertz CT molecular complexity index is 1230. The minimum absolute atomic E-state index is 0.00374. The van der Waals surface area contributed by atoms with Crippen LogP contribution >= 0.6 is 11.6 Å². The molecule has 13 heteroatoms. The molecule has 7 nitrogen and oxygen atoms in total. The van der Waals surface area contributed by atoms with Gasteiger partial charge in [-0.1, -0.05) is 30.7 Å². The van der Waals surface area contributed by atoms with Crippen LogP contribution in [0.1, 0.15) is 29.5 Å². The summed E-state index contributed by atoms with van der Waals surface area (Å²) in [4.78, 5) is 21.7. The van der Waals surface area contributed by atoms with Gasteiger partial charge in [-0.3, -0.25) is 9.48 Å². The second-order valence-electron chi connectivity index (χ2n) is 8.78. The lowest BCUT2D eigenvalue weighted by molar-refractivity contribution is -0.141. The minimum atomic E-state index is -4.64. The Morgan fingerprint density at radius 2 is 1.89 bits per heavy atom. The van der Waals surface area contributed by atoms with Gasteiger partial charge in [0.25, 0.3) is 11.8 Å². The number of nitrogens with zero attached hydrogens (tertiary/aromatic N) is 5. The number of nitrogens with one attached hydrogen (secondary N) is 1. The van der Waals surface area contributed by atoms with E-state index in [0.29, 0.717) is 22.3 Å². The van der Waals surface area contributed by atoms with Crippen LogP contribution in [0.3, 0.4) is 0 Å². The standard InChI is InChI=1S/C23H22ClF5N6O/c1-13-7-22(25,26)12-35(17(13)8-31-19-10-30-18(9-32-19)23(27,28)29)21(36)20-16(11-34(2)33-20)14-3-5-15(24)6-4-14/h3-6,9-11,13,17H,7-8,12H2,1-2H3,(H,31,32). The Kier molecular flexibility index (Phi) is 6.91. The summed E-state index contributed by atoms with van der Waals surface area (Å²) >= 11 is 5.96. The van der Waals surface area contributed by atoms with Crippen LogP contribution in [0.25, 0.3) is 11.1 Å². The quantitative estimate of drug-likeness (QED) is 0.464. The van der Waals surface area contributed by atoms with E-state index in [-0.39, 0.29) is 18.1 Å². The van der Waals surface area contributed by atoms with Crippen molar-refractivity contribution in [2.75, 3.05) is 18.4 Å². The zero-order valence-corrected chi connectivity index (χ0v) is 20.0. The molecule has 1 fully saturated rings. The lowest BCUT2D eigenvalue weighted by Crippen LogP contribution is -2.57. The van der Waals surface area contributed by atoms with Crippen LogP contribution in [0.5, 0.6) is 0 Å². The van der Waals surface area contributed by atoms with Crippen molar-refractivity contribution < 1.29 is 26.7 Å². The number of rotatable bonds is 5. The Morgan fingerprint density at radius 1 is 1.19 bits per heavy atom. The number of anilines is 1. The predicted octanol–water partition coefficient (Wildman–Crippen LogP) is 5.15. The summed E-state index contributed by atoms with van der Waals surface area (Å²) in [6, 6.07) is 5.99. The smallest absolute Gasteiger partial charge is 0.367 e. The zero-order valence-electron chi connectivity index (χ0n) is 19.2. The predicted molar refractivity (Wildman–Crippen MR) is 123 cm³/mol. The van der Waals surface area contributed by atoms with Gasteiger partial charge in [-0.2, -0.15) is 18.3 Å². The molecule has 0 bridgehead atoms. The van der Waals surface area contributed by atoms with Crippen molar-refractivity contribution in [3.63, 3.8) is 0 Å². The van der Waals surface area contributed by atoms with Gasteiger partial charge in [0.1, 0.15) is 5.82 Å². The number of aromatic nitrogens is 4. The molecule has 1 aliphatic heterocycles. The lowest BCUT2D eigenvalue weighted by atomic mass is 9.88. The summed E-state index contributed by atoms with van der Waals surface area (Å²) in [5.74, 6) is -4.40. The first-order valence-corrected chi connectivity index (χ1v) is 11.3. The molecule has 1 amide bonds. The molecule has 3 aromatic rings. The van der Waals surface area contributed by atoms with Gasteiger partial charge in [-0.25, -0.2) is 18.7 Å². The Balaban J connectivity index is 1.60. The lowest BCUT2D eigenvalue weighted by Gasteiger charge is -2.43. The van der Waals surface area contributed by atoms with Crippen LogP contribution < -0.4 is 5.32 Å². The number of aryl methyl sites for hydroxylation is 1. The molecule has 2 atom stereocenters. The van der Waals surface area contributed by atoms with Crippen molar-refractivity contribution in [3.8, 4) is 11.1 Å². The van der Waals surface area contributed by atoms with Crippen LogP contribution in [0.2, 0.25) is 5.02 Å². The average Bonchev–Trinajstić information content (AvgIpc) is 3.19. The molecule has 1 aromatic carbocycles. The fourth-order valence-electron chi connectivity index (χ4n) is 4.28. The summed E-state index contributed by atoms with van der Waals surface area (Å²) in [7, 11) is 1.62. The molecule has 4 rings (SSSR count). The Morgan fingerprint density at radius 3 is 2.50 bits per heavy atom. The van der Waals surface area contributed by atoms with E-state index < -0.39 is 48.6 Å². The molecule has 0 radical (unpaired) electrons. The third-order valence-electron chi connectivity index (χ3n) is 5.96. The highest BCUT2D eigenvalue weighted by Gasteiger charge is 2.47. The van der Waals surface area contributed by atoms with Crippen molar-refractivity contribution in [3.05, 3.63) is 59.3 Å². The average molecular weight is 529 g/mol. The van der Waals surface area contributed by atoms with E-state index in [2.05, 4.69) is 20.4 Å². The van der Waals surface area contributed by atoms with Gasteiger partial charge in [0.2, 0.25) is 0 Å². The maximum atomic E-state index is 14.6. The highest BCUT2D eigenvalue weighted by atomic mass is 35.5. The second kappa shape index (κ2) is 9.64. The SMILES string of the molecule is CC1CC(F)(F)CN(C(=O)c2nn(C)cc2-c2ccc(Cl)cc2)C1CNc1cnc(C(F)(F)F)cn1. The first-order valence-electron chi connectivity index (χ1n) is 11.0. The molecular weight excluding hydrogens is 507 g/mol.